The van der Waals surface area contributed by atoms with E-state index in [1.807, 2.05) is 50.2 Å². The standard InChI is InChI=1S/C29H38ClN3O2/c1-29(2,23-8-6-5-7-9-23)28(35)33-18-14-22(15-19-33)21-12-16-32(17-13-21)24-10-11-25(26(30)20-24)27(34)31(3)4/h5-11,20-22H,12-19H2,1-4H3. The summed E-state index contributed by atoms with van der Waals surface area (Å²) in [6.45, 7) is 7.81. The lowest BCUT2D eigenvalue weighted by Gasteiger charge is -2.42. The van der Waals surface area contributed by atoms with E-state index < -0.39 is 5.41 Å². The smallest absolute Gasteiger partial charge is 0.254 e. The van der Waals surface area contributed by atoms with Gasteiger partial charge in [-0.05, 0) is 75.1 Å². The Balaban J connectivity index is 1.29. The molecule has 0 atom stereocenters. The fourth-order valence-corrected chi connectivity index (χ4v) is 5.95. The van der Waals surface area contributed by atoms with Crippen molar-refractivity contribution in [2.75, 3.05) is 45.2 Å². The Morgan fingerprint density at radius 3 is 2.00 bits per heavy atom. The molecule has 6 heteroatoms. The summed E-state index contributed by atoms with van der Waals surface area (Å²) < 4.78 is 0. The average Bonchev–Trinajstić information content (AvgIpc) is 2.88. The van der Waals surface area contributed by atoms with Gasteiger partial charge in [0.15, 0.2) is 0 Å². The Morgan fingerprint density at radius 2 is 1.46 bits per heavy atom. The molecule has 35 heavy (non-hydrogen) atoms. The van der Waals surface area contributed by atoms with E-state index in [0.29, 0.717) is 22.4 Å². The molecule has 4 rings (SSSR count). The Labute approximate surface area is 215 Å². The van der Waals surface area contributed by atoms with Gasteiger partial charge in [0.05, 0.1) is 16.0 Å². The molecule has 0 aliphatic carbocycles. The van der Waals surface area contributed by atoms with Crippen LogP contribution in [0.5, 0.6) is 0 Å². The van der Waals surface area contributed by atoms with Crippen LogP contribution in [0.15, 0.2) is 48.5 Å². The van der Waals surface area contributed by atoms with E-state index >= 15 is 0 Å². The third kappa shape index (κ3) is 5.50. The second-order valence-corrected chi connectivity index (χ2v) is 11.2. The molecule has 2 saturated heterocycles. The van der Waals surface area contributed by atoms with Gasteiger partial charge in [0, 0.05) is 46.0 Å². The van der Waals surface area contributed by atoms with E-state index in [0.717, 1.165) is 63.1 Å². The maximum atomic E-state index is 13.3. The largest absolute Gasteiger partial charge is 0.371 e. The van der Waals surface area contributed by atoms with Gasteiger partial charge < -0.3 is 14.7 Å². The van der Waals surface area contributed by atoms with E-state index in [1.165, 1.54) is 0 Å². The highest BCUT2D eigenvalue weighted by atomic mass is 35.5. The number of benzene rings is 2. The molecule has 2 aromatic carbocycles. The van der Waals surface area contributed by atoms with Crippen molar-refractivity contribution in [3.8, 4) is 0 Å². The minimum absolute atomic E-state index is 0.0720. The highest BCUT2D eigenvalue weighted by Gasteiger charge is 2.37. The SMILES string of the molecule is CN(C)C(=O)c1ccc(N2CCC(C3CCN(C(=O)C(C)(C)c4ccccc4)CC3)CC2)cc1Cl. The van der Waals surface area contributed by atoms with Crippen LogP contribution in [-0.4, -0.2) is 61.9 Å². The fraction of sp³-hybridized carbons (Fsp3) is 0.517. The maximum absolute atomic E-state index is 13.3. The molecule has 0 radical (unpaired) electrons. The van der Waals surface area contributed by atoms with Crippen LogP contribution in [0.3, 0.4) is 0 Å². The summed E-state index contributed by atoms with van der Waals surface area (Å²) in [5, 5.41) is 0.513. The van der Waals surface area contributed by atoms with Gasteiger partial charge in [-0.25, -0.2) is 0 Å². The van der Waals surface area contributed by atoms with Gasteiger partial charge in [-0.3, -0.25) is 9.59 Å². The number of halogens is 1. The second-order valence-electron chi connectivity index (χ2n) is 10.8. The first-order valence-corrected chi connectivity index (χ1v) is 13.2. The molecule has 0 aromatic heterocycles. The molecule has 0 spiro atoms. The summed E-state index contributed by atoms with van der Waals surface area (Å²) in [6.07, 6.45) is 4.50. The third-order valence-corrected chi connectivity index (χ3v) is 8.33. The first kappa shape index (κ1) is 25.6. The molecule has 188 valence electrons. The molecule has 2 fully saturated rings. The molecule has 2 aliphatic rings. The lowest BCUT2D eigenvalue weighted by atomic mass is 9.77. The van der Waals surface area contributed by atoms with Crippen molar-refractivity contribution in [3.05, 3.63) is 64.7 Å². The molecule has 0 bridgehead atoms. The molecule has 2 aliphatic heterocycles. The quantitative estimate of drug-likeness (QED) is 0.552. The van der Waals surface area contributed by atoms with Gasteiger partial charge >= 0.3 is 0 Å². The summed E-state index contributed by atoms with van der Waals surface area (Å²) in [5.74, 6) is 1.56. The number of nitrogens with zero attached hydrogens (tertiary/aromatic N) is 3. The monoisotopic (exact) mass is 495 g/mol. The molecular formula is C29H38ClN3O2. The van der Waals surface area contributed by atoms with Crippen molar-refractivity contribution in [1.29, 1.82) is 0 Å². The Hall–Kier alpha value is -2.53. The highest BCUT2D eigenvalue weighted by Crippen LogP contribution is 2.36. The molecule has 0 N–H and O–H groups in total. The number of carbonyl (C=O) groups excluding carboxylic acids is 2. The van der Waals surface area contributed by atoms with Gasteiger partial charge in [0.2, 0.25) is 5.91 Å². The van der Waals surface area contributed by atoms with Crippen LogP contribution >= 0.6 is 11.6 Å². The number of rotatable bonds is 5. The minimum atomic E-state index is -0.493. The second kappa shape index (κ2) is 10.6. The molecule has 2 heterocycles. The van der Waals surface area contributed by atoms with E-state index in [-0.39, 0.29) is 11.8 Å². The van der Waals surface area contributed by atoms with Gasteiger partial charge in [0.25, 0.3) is 5.91 Å². The molecule has 5 nitrogen and oxygen atoms in total. The Kier molecular flexibility index (Phi) is 7.75. The van der Waals surface area contributed by atoms with E-state index in [9.17, 15) is 9.59 Å². The van der Waals surface area contributed by atoms with Crippen LogP contribution in [0.25, 0.3) is 0 Å². The zero-order valence-electron chi connectivity index (χ0n) is 21.5. The van der Waals surface area contributed by atoms with E-state index in [2.05, 4.69) is 21.9 Å². The van der Waals surface area contributed by atoms with Crippen LogP contribution in [0.1, 0.15) is 55.5 Å². The molecule has 0 unspecified atom stereocenters. The number of hydrogen-bond donors (Lipinski definition) is 0. The van der Waals surface area contributed by atoms with Crippen molar-refractivity contribution >= 4 is 29.1 Å². The van der Waals surface area contributed by atoms with E-state index in [1.54, 1.807) is 19.0 Å². The van der Waals surface area contributed by atoms with Gasteiger partial charge in [0.1, 0.15) is 0 Å². The number of anilines is 1. The molecule has 0 saturated carbocycles. The topological polar surface area (TPSA) is 43.9 Å². The predicted molar refractivity (Wildman–Crippen MR) is 143 cm³/mol. The summed E-state index contributed by atoms with van der Waals surface area (Å²) in [7, 11) is 3.48. The molecule has 2 amide bonds. The normalized spacial score (nSPS) is 18.0. The average molecular weight is 496 g/mol. The van der Waals surface area contributed by atoms with Gasteiger partial charge in [-0.15, -0.1) is 0 Å². The van der Waals surface area contributed by atoms with Gasteiger partial charge in [-0.1, -0.05) is 41.9 Å². The number of amides is 2. The Morgan fingerprint density at radius 1 is 0.886 bits per heavy atom. The lowest BCUT2D eigenvalue weighted by Crippen LogP contribution is -2.48. The first-order chi connectivity index (χ1) is 16.7. The third-order valence-electron chi connectivity index (χ3n) is 8.02. The lowest BCUT2D eigenvalue weighted by molar-refractivity contribution is -0.138. The number of hydrogen-bond acceptors (Lipinski definition) is 3. The molecular weight excluding hydrogens is 458 g/mol. The predicted octanol–water partition coefficient (Wildman–Crippen LogP) is 5.47. The van der Waals surface area contributed by atoms with E-state index in [4.69, 9.17) is 11.6 Å². The number of piperidine rings is 2. The van der Waals surface area contributed by atoms with Crippen LogP contribution in [-0.2, 0) is 10.2 Å². The van der Waals surface area contributed by atoms with Crippen LogP contribution in [0.2, 0.25) is 5.02 Å². The van der Waals surface area contributed by atoms with Crippen molar-refractivity contribution in [2.45, 2.75) is 44.9 Å². The first-order valence-electron chi connectivity index (χ1n) is 12.8. The van der Waals surface area contributed by atoms with Crippen molar-refractivity contribution in [3.63, 3.8) is 0 Å². The Bertz CT molecular complexity index is 1040. The summed E-state index contributed by atoms with van der Waals surface area (Å²) >= 11 is 6.44. The highest BCUT2D eigenvalue weighted by molar-refractivity contribution is 6.34. The van der Waals surface area contributed by atoms with Crippen molar-refractivity contribution in [2.24, 2.45) is 11.8 Å². The summed E-state index contributed by atoms with van der Waals surface area (Å²) in [5.41, 5.74) is 2.23. The minimum Gasteiger partial charge on any atom is -0.371 e. The van der Waals surface area contributed by atoms with Crippen molar-refractivity contribution in [1.82, 2.24) is 9.80 Å². The zero-order chi connectivity index (χ0) is 25.2. The fourth-order valence-electron chi connectivity index (χ4n) is 5.69. The summed E-state index contributed by atoms with van der Waals surface area (Å²) in [4.78, 5) is 31.6. The van der Waals surface area contributed by atoms with Crippen LogP contribution in [0.4, 0.5) is 5.69 Å². The van der Waals surface area contributed by atoms with Crippen molar-refractivity contribution < 1.29 is 9.59 Å². The maximum Gasteiger partial charge on any atom is 0.254 e. The van der Waals surface area contributed by atoms with Crippen LogP contribution in [0, 0.1) is 11.8 Å². The van der Waals surface area contributed by atoms with Crippen LogP contribution < -0.4 is 4.90 Å². The van der Waals surface area contributed by atoms with Gasteiger partial charge in [-0.2, -0.15) is 0 Å². The molecule has 2 aromatic rings. The number of carbonyl (C=O) groups is 2. The zero-order valence-corrected chi connectivity index (χ0v) is 22.2. The summed E-state index contributed by atoms with van der Waals surface area (Å²) in [6, 6.07) is 15.9. The number of likely N-dealkylation sites (tertiary alicyclic amines) is 1.